The Hall–Kier alpha value is -2.27. The van der Waals surface area contributed by atoms with Crippen molar-refractivity contribution in [1.29, 1.82) is 0 Å². The van der Waals surface area contributed by atoms with Gasteiger partial charge in [-0.2, -0.15) is 0 Å². The van der Waals surface area contributed by atoms with Crippen LogP contribution in [0.5, 0.6) is 0 Å². The van der Waals surface area contributed by atoms with Crippen molar-refractivity contribution >= 4 is 40.1 Å². The number of rotatable bonds is 6. The van der Waals surface area contributed by atoms with Crippen LogP contribution in [0.3, 0.4) is 0 Å². The first-order valence-electron chi connectivity index (χ1n) is 7.37. The predicted octanol–water partition coefficient (Wildman–Crippen LogP) is 1.53. The minimum atomic E-state index is -0.553. The minimum Gasteiger partial charge on any atom is -0.462 e. The van der Waals surface area contributed by atoms with Gasteiger partial charge in [0.15, 0.2) is 10.3 Å². The molecular weight excluding hydrogens is 366 g/mol. The van der Waals surface area contributed by atoms with Crippen molar-refractivity contribution in [3.05, 3.63) is 26.6 Å². The second kappa shape index (κ2) is 8.21. The van der Waals surface area contributed by atoms with Crippen LogP contribution in [0.2, 0.25) is 0 Å². The lowest BCUT2D eigenvalue weighted by Crippen LogP contribution is -2.23. The number of nitrogens with one attached hydrogen (secondary N) is 2. The standard InChI is InChI=1S/C14H17N5O4S2/c1-5-23-12(22)9-6(2)15-13(25-9)17-11(21)8(4)24-14-16-10(20)7(3)18-19-14/h8H,5H2,1-4H3,(H,15,17,21)(H,16,19,20). The number of hydrogen-bond acceptors (Lipinski definition) is 9. The molecule has 1 amide bonds. The van der Waals surface area contributed by atoms with Gasteiger partial charge in [-0.15, -0.1) is 10.2 Å². The van der Waals surface area contributed by atoms with Crippen LogP contribution in [0.1, 0.15) is 34.9 Å². The summed E-state index contributed by atoms with van der Waals surface area (Å²) in [6, 6.07) is 0. The molecule has 0 spiro atoms. The molecule has 0 radical (unpaired) electrons. The number of anilines is 1. The van der Waals surface area contributed by atoms with E-state index in [4.69, 9.17) is 4.74 Å². The van der Waals surface area contributed by atoms with Crippen molar-refractivity contribution in [1.82, 2.24) is 20.2 Å². The number of aromatic amines is 1. The van der Waals surface area contributed by atoms with E-state index in [0.29, 0.717) is 15.7 Å². The number of thiazole rings is 1. The molecule has 1 unspecified atom stereocenters. The average molecular weight is 383 g/mol. The van der Waals surface area contributed by atoms with Gasteiger partial charge in [-0.25, -0.2) is 9.78 Å². The van der Waals surface area contributed by atoms with Crippen LogP contribution in [-0.4, -0.2) is 43.9 Å². The van der Waals surface area contributed by atoms with E-state index in [1.165, 1.54) is 0 Å². The summed E-state index contributed by atoms with van der Waals surface area (Å²) in [6.07, 6.45) is 0. The van der Waals surface area contributed by atoms with Crippen LogP contribution in [-0.2, 0) is 9.53 Å². The molecular formula is C14H17N5O4S2. The Balaban J connectivity index is 2.03. The van der Waals surface area contributed by atoms with Gasteiger partial charge >= 0.3 is 5.97 Å². The predicted molar refractivity (Wildman–Crippen MR) is 94.1 cm³/mol. The highest BCUT2D eigenvalue weighted by atomic mass is 32.2. The van der Waals surface area contributed by atoms with Gasteiger partial charge < -0.3 is 10.1 Å². The maximum atomic E-state index is 12.3. The van der Waals surface area contributed by atoms with Gasteiger partial charge in [0.05, 0.1) is 17.6 Å². The zero-order chi connectivity index (χ0) is 18.6. The molecule has 0 aromatic carbocycles. The summed E-state index contributed by atoms with van der Waals surface area (Å²) < 4.78 is 4.94. The Kier molecular flexibility index (Phi) is 6.26. The molecule has 0 saturated heterocycles. The Morgan fingerprint density at radius 3 is 2.68 bits per heavy atom. The number of esters is 1. The van der Waals surface area contributed by atoms with E-state index in [0.717, 1.165) is 23.1 Å². The number of aromatic nitrogens is 4. The number of nitrogens with zero attached hydrogens (tertiary/aromatic N) is 3. The van der Waals surface area contributed by atoms with Crippen molar-refractivity contribution < 1.29 is 14.3 Å². The summed E-state index contributed by atoms with van der Waals surface area (Å²) in [5.74, 6) is -0.801. The quantitative estimate of drug-likeness (QED) is 0.568. The van der Waals surface area contributed by atoms with E-state index in [9.17, 15) is 14.4 Å². The molecule has 9 nitrogen and oxygen atoms in total. The third-order valence-corrected chi connectivity index (χ3v) is 5.01. The first-order valence-corrected chi connectivity index (χ1v) is 9.07. The van der Waals surface area contributed by atoms with Gasteiger partial charge in [-0.1, -0.05) is 23.1 Å². The second-order valence-electron chi connectivity index (χ2n) is 4.95. The van der Waals surface area contributed by atoms with Crippen LogP contribution in [0.25, 0.3) is 0 Å². The highest BCUT2D eigenvalue weighted by Gasteiger charge is 2.21. The molecule has 2 N–H and O–H groups in total. The van der Waals surface area contributed by atoms with Crippen molar-refractivity contribution in [2.75, 3.05) is 11.9 Å². The fourth-order valence-corrected chi connectivity index (χ4v) is 3.30. The Morgan fingerprint density at radius 1 is 1.32 bits per heavy atom. The van der Waals surface area contributed by atoms with Gasteiger partial charge in [0, 0.05) is 0 Å². The van der Waals surface area contributed by atoms with Gasteiger partial charge in [0.2, 0.25) is 5.91 Å². The number of ether oxygens (including phenoxy) is 1. The monoisotopic (exact) mass is 383 g/mol. The molecule has 0 aliphatic carbocycles. The van der Waals surface area contributed by atoms with Gasteiger partial charge in [-0.3, -0.25) is 14.6 Å². The molecule has 1 atom stereocenters. The third-order valence-electron chi connectivity index (χ3n) is 2.99. The molecule has 0 fully saturated rings. The molecule has 2 aromatic heterocycles. The molecule has 2 heterocycles. The lowest BCUT2D eigenvalue weighted by Gasteiger charge is -2.09. The second-order valence-corrected chi connectivity index (χ2v) is 7.28. The number of carbonyl (C=O) groups is 2. The van der Waals surface area contributed by atoms with Gasteiger partial charge in [0.25, 0.3) is 5.56 Å². The van der Waals surface area contributed by atoms with Crippen molar-refractivity contribution in [2.24, 2.45) is 0 Å². The molecule has 0 aliphatic heterocycles. The molecule has 134 valence electrons. The lowest BCUT2D eigenvalue weighted by atomic mass is 10.4. The summed E-state index contributed by atoms with van der Waals surface area (Å²) in [5.41, 5.74) is 0.402. The zero-order valence-electron chi connectivity index (χ0n) is 14.1. The molecule has 25 heavy (non-hydrogen) atoms. The van der Waals surface area contributed by atoms with E-state index >= 15 is 0 Å². The van der Waals surface area contributed by atoms with E-state index in [-0.39, 0.29) is 28.9 Å². The van der Waals surface area contributed by atoms with Crippen LogP contribution in [0.4, 0.5) is 5.13 Å². The Morgan fingerprint density at radius 2 is 2.04 bits per heavy atom. The molecule has 2 rings (SSSR count). The van der Waals surface area contributed by atoms with Gasteiger partial charge in [-0.05, 0) is 27.7 Å². The number of amides is 1. The first kappa shape index (κ1) is 19.1. The van der Waals surface area contributed by atoms with Gasteiger partial charge in [0.1, 0.15) is 10.6 Å². The molecule has 0 bridgehead atoms. The SMILES string of the molecule is CCOC(=O)c1sc(NC(=O)C(C)Sc2nnc(C)c(=O)[nH]2)nc1C. The Labute approximate surface area is 151 Å². The maximum Gasteiger partial charge on any atom is 0.350 e. The zero-order valence-corrected chi connectivity index (χ0v) is 15.7. The number of hydrogen-bond donors (Lipinski definition) is 2. The normalized spacial score (nSPS) is 11.8. The van der Waals surface area contributed by atoms with Crippen LogP contribution in [0, 0.1) is 13.8 Å². The number of aryl methyl sites for hydroxylation is 2. The summed E-state index contributed by atoms with van der Waals surface area (Å²) in [6.45, 7) is 6.85. The summed E-state index contributed by atoms with van der Waals surface area (Å²) in [7, 11) is 0. The van der Waals surface area contributed by atoms with E-state index in [1.54, 1.807) is 27.7 Å². The highest BCUT2D eigenvalue weighted by Crippen LogP contribution is 2.25. The minimum absolute atomic E-state index is 0.251. The summed E-state index contributed by atoms with van der Waals surface area (Å²) in [4.78, 5) is 42.6. The highest BCUT2D eigenvalue weighted by molar-refractivity contribution is 8.00. The van der Waals surface area contributed by atoms with Crippen molar-refractivity contribution in [2.45, 2.75) is 38.1 Å². The third kappa shape index (κ3) is 4.86. The number of thioether (sulfide) groups is 1. The van der Waals surface area contributed by atoms with Crippen molar-refractivity contribution in [3.8, 4) is 0 Å². The fraction of sp³-hybridized carbons (Fsp3) is 0.429. The summed E-state index contributed by atoms with van der Waals surface area (Å²) in [5, 5.41) is 10.2. The summed E-state index contributed by atoms with van der Waals surface area (Å²) >= 11 is 2.11. The van der Waals surface area contributed by atoms with Crippen LogP contribution >= 0.6 is 23.1 Å². The molecule has 0 saturated carbocycles. The van der Waals surface area contributed by atoms with Crippen LogP contribution < -0.4 is 10.9 Å². The van der Waals surface area contributed by atoms with E-state index in [1.807, 2.05) is 0 Å². The smallest absolute Gasteiger partial charge is 0.350 e. The largest absolute Gasteiger partial charge is 0.462 e. The average Bonchev–Trinajstić information content (AvgIpc) is 2.91. The lowest BCUT2D eigenvalue weighted by molar-refractivity contribution is -0.115. The first-order chi connectivity index (χ1) is 11.8. The molecule has 11 heteroatoms. The van der Waals surface area contributed by atoms with E-state index in [2.05, 4.69) is 25.5 Å². The molecule has 2 aromatic rings. The topological polar surface area (TPSA) is 127 Å². The van der Waals surface area contributed by atoms with E-state index < -0.39 is 11.2 Å². The molecule has 0 aliphatic rings. The maximum absolute atomic E-state index is 12.3. The number of carbonyl (C=O) groups excluding carboxylic acids is 2. The van der Waals surface area contributed by atoms with Crippen molar-refractivity contribution in [3.63, 3.8) is 0 Å². The van der Waals surface area contributed by atoms with Crippen LogP contribution in [0.15, 0.2) is 9.95 Å². The number of H-pyrrole nitrogens is 1. The Bertz CT molecular complexity index is 848. The fourth-order valence-electron chi connectivity index (χ4n) is 1.70.